The lowest BCUT2D eigenvalue weighted by molar-refractivity contribution is 0.0698. The molecule has 0 saturated carbocycles. The molecule has 1 saturated heterocycles. The van der Waals surface area contributed by atoms with E-state index in [-0.39, 0.29) is 11.8 Å². The first-order chi connectivity index (χ1) is 13.5. The van der Waals surface area contributed by atoms with Crippen LogP contribution in [0.5, 0.6) is 5.75 Å². The number of nitrogens with zero attached hydrogens (tertiary/aromatic N) is 1. The van der Waals surface area contributed by atoms with Crippen molar-refractivity contribution >= 4 is 33.4 Å². The second kappa shape index (κ2) is 9.24. The van der Waals surface area contributed by atoms with Crippen LogP contribution in [-0.4, -0.2) is 36.4 Å². The molecule has 0 aliphatic carbocycles. The van der Waals surface area contributed by atoms with Crippen LogP contribution in [-0.2, 0) is 0 Å². The summed E-state index contributed by atoms with van der Waals surface area (Å²) in [6.45, 7) is 6.05. The number of nitrogens with one attached hydrogen (secondary N) is 1. The largest absolute Gasteiger partial charge is 0.493 e. The number of anilines is 1. The van der Waals surface area contributed by atoms with E-state index in [9.17, 15) is 9.59 Å². The Bertz CT molecular complexity index is 861. The quantitative estimate of drug-likeness (QED) is 0.707. The number of benzene rings is 2. The van der Waals surface area contributed by atoms with Gasteiger partial charge in [0.15, 0.2) is 0 Å². The minimum Gasteiger partial charge on any atom is -0.493 e. The number of ether oxygens (including phenoxy) is 1. The van der Waals surface area contributed by atoms with Crippen LogP contribution < -0.4 is 10.1 Å². The van der Waals surface area contributed by atoms with E-state index in [2.05, 4.69) is 28.2 Å². The Hall–Kier alpha value is -2.34. The highest BCUT2D eigenvalue weighted by molar-refractivity contribution is 9.10. The normalized spacial score (nSPS) is 14.6. The van der Waals surface area contributed by atoms with Gasteiger partial charge in [0.25, 0.3) is 11.8 Å². The second-order valence-corrected chi connectivity index (χ2v) is 7.96. The fraction of sp³-hybridized carbons (Fsp3) is 0.364. The number of rotatable bonds is 5. The molecule has 5 nitrogen and oxygen atoms in total. The summed E-state index contributed by atoms with van der Waals surface area (Å²) < 4.78 is 6.36. The minimum atomic E-state index is -0.308. The summed E-state index contributed by atoms with van der Waals surface area (Å²) >= 11 is 3.40. The van der Waals surface area contributed by atoms with Crippen LogP contribution in [0.1, 0.15) is 47.4 Å². The van der Waals surface area contributed by atoms with E-state index in [0.29, 0.717) is 35.1 Å². The third-order valence-electron chi connectivity index (χ3n) is 4.96. The molecule has 0 unspecified atom stereocenters. The molecular formula is C22H25BrN2O3. The first-order valence-electron chi connectivity index (χ1n) is 9.61. The van der Waals surface area contributed by atoms with Crippen molar-refractivity contribution in [1.29, 1.82) is 0 Å². The third kappa shape index (κ3) is 4.73. The number of para-hydroxylation sites is 1. The molecule has 1 aliphatic heterocycles. The van der Waals surface area contributed by atoms with Gasteiger partial charge in [0.05, 0.1) is 23.4 Å². The molecule has 2 aromatic carbocycles. The Morgan fingerprint density at radius 2 is 1.86 bits per heavy atom. The van der Waals surface area contributed by atoms with Crippen molar-refractivity contribution in [2.75, 3.05) is 25.0 Å². The highest BCUT2D eigenvalue weighted by Crippen LogP contribution is 2.26. The van der Waals surface area contributed by atoms with Crippen LogP contribution in [0.4, 0.5) is 5.69 Å². The summed E-state index contributed by atoms with van der Waals surface area (Å²) in [4.78, 5) is 27.8. The van der Waals surface area contributed by atoms with E-state index in [1.165, 1.54) is 0 Å². The van der Waals surface area contributed by atoms with Gasteiger partial charge in [-0.3, -0.25) is 9.59 Å². The SMILES string of the molecule is CCOc1ccc(Br)cc1C(=O)Nc1ccccc1C(=O)N1CCC(C)CC1. The number of hydrogen-bond acceptors (Lipinski definition) is 3. The van der Waals surface area contributed by atoms with Crippen molar-refractivity contribution in [2.24, 2.45) is 5.92 Å². The Morgan fingerprint density at radius 1 is 1.14 bits per heavy atom. The molecule has 3 rings (SSSR count). The van der Waals surface area contributed by atoms with Gasteiger partial charge in [-0.1, -0.05) is 35.0 Å². The zero-order chi connectivity index (χ0) is 20.1. The summed E-state index contributed by atoms with van der Waals surface area (Å²) in [5, 5.41) is 2.89. The van der Waals surface area contributed by atoms with Gasteiger partial charge in [0.2, 0.25) is 0 Å². The molecule has 28 heavy (non-hydrogen) atoms. The van der Waals surface area contributed by atoms with Crippen molar-refractivity contribution in [2.45, 2.75) is 26.7 Å². The molecule has 6 heteroatoms. The number of halogens is 1. The van der Waals surface area contributed by atoms with Gasteiger partial charge < -0.3 is 15.0 Å². The molecular weight excluding hydrogens is 420 g/mol. The lowest BCUT2D eigenvalue weighted by Crippen LogP contribution is -2.38. The van der Waals surface area contributed by atoms with Gasteiger partial charge in [0.1, 0.15) is 5.75 Å². The van der Waals surface area contributed by atoms with E-state index in [4.69, 9.17) is 4.74 Å². The van der Waals surface area contributed by atoms with Crippen LogP contribution in [0.3, 0.4) is 0 Å². The molecule has 0 aromatic heterocycles. The fourth-order valence-electron chi connectivity index (χ4n) is 3.31. The topological polar surface area (TPSA) is 58.6 Å². The third-order valence-corrected chi connectivity index (χ3v) is 5.46. The summed E-state index contributed by atoms with van der Waals surface area (Å²) in [5.41, 5.74) is 1.45. The molecule has 0 bridgehead atoms. The molecule has 1 fully saturated rings. The number of piperidine rings is 1. The van der Waals surface area contributed by atoms with E-state index < -0.39 is 0 Å². The highest BCUT2D eigenvalue weighted by Gasteiger charge is 2.24. The van der Waals surface area contributed by atoms with Gasteiger partial charge in [0, 0.05) is 17.6 Å². The van der Waals surface area contributed by atoms with Gasteiger partial charge in [-0.25, -0.2) is 0 Å². The summed E-state index contributed by atoms with van der Waals surface area (Å²) in [6.07, 6.45) is 2.02. The maximum absolute atomic E-state index is 13.0. The van der Waals surface area contributed by atoms with E-state index >= 15 is 0 Å². The van der Waals surface area contributed by atoms with Gasteiger partial charge >= 0.3 is 0 Å². The molecule has 1 N–H and O–H groups in total. The Kier molecular flexibility index (Phi) is 6.73. The van der Waals surface area contributed by atoms with Crippen molar-refractivity contribution < 1.29 is 14.3 Å². The number of hydrogen-bond donors (Lipinski definition) is 1. The fourth-order valence-corrected chi connectivity index (χ4v) is 3.67. The van der Waals surface area contributed by atoms with Crippen LogP contribution in [0.25, 0.3) is 0 Å². The van der Waals surface area contributed by atoms with Crippen LogP contribution >= 0.6 is 15.9 Å². The molecule has 2 aromatic rings. The maximum atomic E-state index is 13.0. The zero-order valence-electron chi connectivity index (χ0n) is 16.2. The number of amides is 2. The van der Waals surface area contributed by atoms with Crippen molar-refractivity contribution in [3.05, 3.63) is 58.1 Å². The number of carbonyl (C=O) groups excluding carboxylic acids is 2. The molecule has 0 spiro atoms. The van der Waals surface area contributed by atoms with Crippen LogP contribution in [0.2, 0.25) is 0 Å². The first-order valence-corrected chi connectivity index (χ1v) is 10.4. The smallest absolute Gasteiger partial charge is 0.259 e. The lowest BCUT2D eigenvalue weighted by Gasteiger charge is -2.30. The monoisotopic (exact) mass is 444 g/mol. The Labute approximate surface area is 174 Å². The predicted molar refractivity (Wildman–Crippen MR) is 114 cm³/mol. The molecule has 1 heterocycles. The molecule has 148 valence electrons. The molecule has 2 amide bonds. The summed E-state index contributed by atoms with van der Waals surface area (Å²) in [5.74, 6) is 0.809. The van der Waals surface area contributed by atoms with E-state index in [1.807, 2.05) is 30.0 Å². The molecule has 0 atom stereocenters. The molecule has 0 radical (unpaired) electrons. The minimum absolute atomic E-state index is 0.0397. The average molecular weight is 445 g/mol. The van der Waals surface area contributed by atoms with E-state index in [0.717, 1.165) is 30.4 Å². The van der Waals surface area contributed by atoms with Crippen LogP contribution in [0.15, 0.2) is 46.9 Å². The molecule has 1 aliphatic rings. The second-order valence-electron chi connectivity index (χ2n) is 7.05. The van der Waals surface area contributed by atoms with Crippen molar-refractivity contribution in [3.63, 3.8) is 0 Å². The summed E-state index contributed by atoms with van der Waals surface area (Å²) in [7, 11) is 0. The number of likely N-dealkylation sites (tertiary alicyclic amines) is 1. The van der Waals surface area contributed by atoms with Crippen LogP contribution in [0, 0.1) is 5.92 Å². The van der Waals surface area contributed by atoms with Gasteiger partial charge in [-0.15, -0.1) is 0 Å². The number of carbonyl (C=O) groups is 2. The highest BCUT2D eigenvalue weighted by atomic mass is 79.9. The van der Waals surface area contributed by atoms with Gasteiger partial charge in [-0.05, 0) is 56.0 Å². The average Bonchev–Trinajstić information content (AvgIpc) is 2.70. The predicted octanol–water partition coefficient (Wildman–Crippen LogP) is 4.97. The lowest BCUT2D eigenvalue weighted by atomic mass is 9.98. The van der Waals surface area contributed by atoms with E-state index in [1.54, 1.807) is 24.3 Å². The standard InChI is InChI=1S/C22H25BrN2O3/c1-3-28-20-9-8-16(23)14-18(20)21(26)24-19-7-5-4-6-17(19)22(27)25-12-10-15(2)11-13-25/h4-9,14-15H,3,10-13H2,1-2H3,(H,24,26). The van der Waals surface area contributed by atoms with Gasteiger partial charge in [-0.2, -0.15) is 0 Å². The zero-order valence-corrected chi connectivity index (χ0v) is 17.8. The van der Waals surface area contributed by atoms with Crippen molar-refractivity contribution in [1.82, 2.24) is 4.90 Å². The maximum Gasteiger partial charge on any atom is 0.259 e. The summed E-state index contributed by atoms with van der Waals surface area (Å²) in [6, 6.07) is 12.5. The Balaban J connectivity index is 1.83. The Morgan fingerprint density at radius 3 is 2.57 bits per heavy atom. The van der Waals surface area contributed by atoms with Crippen molar-refractivity contribution in [3.8, 4) is 5.75 Å². The first kappa shape index (κ1) is 20.4.